The van der Waals surface area contributed by atoms with Crippen molar-refractivity contribution < 1.29 is 9.53 Å². The van der Waals surface area contributed by atoms with Gasteiger partial charge in [-0.15, -0.1) is 0 Å². The Kier molecular flexibility index (Phi) is 3.25. The van der Waals surface area contributed by atoms with Crippen LogP contribution in [0, 0.1) is 0 Å². The van der Waals surface area contributed by atoms with Crippen molar-refractivity contribution in [2.24, 2.45) is 0 Å². The summed E-state index contributed by atoms with van der Waals surface area (Å²) in [5.41, 5.74) is 2.13. The van der Waals surface area contributed by atoms with Crippen LogP contribution in [0.15, 0.2) is 53.0 Å². The van der Waals surface area contributed by atoms with E-state index in [1.807, 2.05) is 42.5 Å². The Morgan fingerprint density at radius 3 is 2.68 bits per heavy atom. The number of amides is 1. The van der Waals surface area contributed by atoms with Gasteiger partial charge in [0.05, 0.1) is 10.2 Å². The van der Waals surface area contributed by atoms with Crippen molar-refractivity contribution in [3.05, 3.63) is 58.6 Å². The van der Waals surface area contributed by atoms with Crippen LogP contribution in [-0.2, 0) is 6.42 Å². The lowest BCUT2D eigenvalue weighted by molar-refractivity contribution is 0.208. The largest absolute Gasteiger partial charge is 0.419 e. The number of carbonyl (C=O) groups excluding carboxylic acids is 1. The Morgan fingerprint density at radius 1 is 1.11 bits per heavy atom. The van der Waals surface area contributed by atoms with E-state index in [1.54, 1.807) is 11.0 Å². The zero-order chi connectivity index (χ0) is 13.2. The van der Waals surface area contributed by atoms with E-state index in [0.29, 0.717) is 12.3 Å². The fraction of sp³-hybridized carbons (Fsp3) is 0.133. The van der Waals surface area contributed by atoms with Crippen LogP contribution in [0.4, 0.5) is 10.5 Å². The zero-order valence-electron chi connectivity index (χ0n) is 10.2. The number of fused-ring (bicyclic) bond motifs is 1. The Balaban J connectivity index is 1.81. The van der Waals surface area contributed by atoms with Gasteiger partial charge >= 0.3 is 6.09 Å². The first-order valence-electron chi connectivity index (χ1n) is 6.07. The standard InChI is InChI=1S/C15H12BrNO2/c16-12-6-2-4-8-14(12)19-15(18)17-10-9-11-5-1-3-7-13(11)17/h1-8H,9-10H2. The first-order chi connectivity index (χ1) is 9.25. The number of carbonyl (C=O) groups is 1. The maximum atomic E-state index is 12.2. The lowest BCUT2D eigenvalue weighted by Gasteiger charge is -2.17. The second kappa shape index (κ2) is 5.05. The third-order valence-corrected chi connectivity index (χ3v) is 3.80. The number of hydrogen-bond acceptors (Lipinski definition) is 2. The van der Waals surface area contributed by atoms with Gasteiger partial charge in [0.2, 0.25) is 0 Å². The molecule has 0 unspecified atom stereocenters. The number of hydrogen-bond donors (Lipinski definition) is 0. The number of ether oxygens (including phenoxy) is 1. The molecule has 19 heavy (non-hydrogen) atoms. The molecule has 0 aromatic heterocycles. The van der Waals surface area contributed by atoms with Crippen LogP contribution >= 0.6 is 15.9 Å². The van der Waals surface area contributed by atoms with Crippen molar-refractivity contribution in [2.75, 3.05) is 11.4 Å². The van der Waals surface area contributed by atoms with Gasteiger partial charge in [0.1, 0.15) is 5.75 Å². The van der Waals surface area contributed by atoms with E-state index in [9.17, 15) is 4.79 Å². The monoisotopic (exact) mass is 317 g/mol. The number of anilines is 1. The highest BCUT2D eigenvalue weighted by Crippen LogP contribution is 2.30. The molecule has 1 heterocycles. The molecule has 0 bridgehead atoms. The van der Waals surface area contributed by atoms with Crippen molar-refractivity contribution in [2.45, 2.75) is 6.42 Å². The predicted octanol–water partition coefficient (Wildman–Crippen LogP) is 4.01. The molecular weight excluding hydrogens is 306 g/mol. The minimum Gasteiger partial charge on any atom is -0.409 e. The zero-order valence-corrected chi connectivity index (χ0v) is 11.8. The van der Waals surface area contributed by atoms with Gasteiger partial charge in [0.25, 0.3) is 0 Å². The highest BCUT2D eigenvalue weighted by atomic mass is 79.9. The van der Waals surface area contributed by atoms with Crippen LogP contribution in [-0.4, -0.2) is 12.6 Å². The molecule has 0 aliphatic carbocycles. The third kappa shape index (κ3) is 2.36. The van der Waals surface area contributed by atoms with Crippen molar-refractivity contribution >= 4 is 27.7 Å². The molecule has 3 nitrogen and oxygen atoms in total. The van der Waals surface area contributed by atoms with E-state index >= 15 is 0 Å². The summed E-state index contributed by atoms with van der Waals surface area (Å²) in [4.78, 5) is 13.9. The van der Waals surface area contributed by atoms with Gasteiger partial charge in [0.15, 0.2) is 0 Å². The normalized spacial score (nSPS) is 13.2. The molecule has 0 spiro atoms. The molecule has 1 amide bonds. The molecule has 96 valence electrons. The average Bonchev–Trinajstić information content (AvgIpc) is 2.85. The second-order valence-electron chi connectivity index (χ2n) is 4.33. The number of benzene rings is 2. The summed E-state index contributed by atoms with van der Waals surface area (Å²) in [6.45, 7) is 0.669. The highest BCUT2D eigenvalue weighted by Gasteiger charge is 2.25. The second-order valence-corrected chi connectivity index (χ2v) is 5.18. The SMILES string of the molecule is O=C(Oc1ccccc1Br)N1CCc2ccccc21. The molecule has 2 aromatic carbocycles. The molecule has 1 aliphatic rings. The molecule has 0 saturated carbocycles. The van der Waals surface area contributed by atoms with Gasteiger partial charge in [-0.25, -0.2) is 4.79 Å². The quantitative estimate of drug-likeness (QED) is 0.795. The molecule has 4 heteroatoms. The summed E-state index contributed by atoms with van der Waals surface area (Å²) in [6, 6.07) is 15.2. The van der Waals surface area contributed by atoms with Crippen molar-refractivity contribution in [1.82, 2.24) is 0 Å². The van der Waals surface area contributed by atoms with Crippen molar-refractivity contribution in [3.63, 3.8) is 0 Å². The van der Waals surface area contributed by atoms with Gasteiger partial charge in [-0.3, -0.25) is 4.90 Å². The summed E-state index contributed by atoms with van der Waals surface area (Å²) in [7, 11) is 0. The lowest BCUT2D eigenvalue weighted by atomic mass is 10.2. The van der Waals surface area contributed by atoms with Crippen LogP contribution in [0.1, 0.15) is 5.56 Å². The third-order valence-electron chi connectivity index (χ3n) is 3.14. The Hall–Kier alpha value is -1.81. The average molecular weight is 318 g/mol. The minimum absolute atomic E-state index is 0.336. The van der Waals surface area contributed by atoms with Crippen LogP contribution in [0.25, 0.3) is 0 Å². The molecule has 1 aliphatic heterocycles. The fourth-order valence-corrected chi connectivity index (χ4v) is 2.57. The maximum Gasteiger partial charge on any atom is 0.419 e. The summed E-state index contributed by atoms with van der Waals surface area (Å²) in [5.74, 6) is 0.539. The summed E-state index contributed by atoms with van der Waals surface area (Å²) >= 11 is 3.37. The van der Waals surface area contributed by atoms with Crippen LogP contribution < -0.4 is 9.64 Å². The summed E-state index contributed by atoms with van der Waals surface area (Å²) < 4.78 is 6.20. The maximum absolute atomic E-state index is 12.2. The van der Waals surface area contributed by atoms with Gasteiger partial charge in [-0.2, -0.15) is 0 Å². The topological polar surface area (TPSA) is 29.5 Å². The molecule has 3 rings (SSSR count). The van der Waals surface area contributed by atoms with E-state index in [4.69, 9.17) is 4.74 Å². The van der Waals surface area contributed by atoms with Gasteiger partial charge in [-0.1, -0.05) is 30.3 Å². The lowest BCUT2D eigenvalue weighted by Crippen LogP contribution is -2.31. The molecule has 0 saturated heterocycles. The van der Waals surface area contributed by atoms with Gasteiger partial charge in [0, 0.05) is 6.54 Å². The van der Waals surface area contributed by atoms with E-state index in [-0.39, 0.29) is 6.09 Å². The molecule has 0 atom stereocenters. The van der Waals surface area contributed by atoms with E-state index in [1.165, 1.54) is 5.56 Å². The van der Waals surface area contributed by atoms with Crippen molar-refractivity contribution in [3.8, 4) is 5.75 Å². The Morgan fingerprint density at radius 2 is 1.84 bits per heavy atom. The molecular formula is C15H12BrNO2. The highest BCUT2D eigenvalue weighted by molar-refractivity contribution is 9.10. The molecule has 0 fully saturated rings. The number of para-hydroxylation sites is 2. The van der Waals surface area contributed by atoms with Crippen LogP contribution in [0.2, 0.25) is 0 Å². The number of halogens is 1. The minimum atomic E-state index is -0.336. The number of rotatable bonds is 1. The molecule has 0 radical (unpaired) electrons. The predicted molar refractivity (Wildman–Crippen MR) is 77.7 cm³/mol. The van der Waals surface area contributed by atoms with Gasteiger partial charge in [-0.05, 0) is 46.1 Å². The van der Waals surface area contributed by atoms with Crippen molar-refractivity contribution in [1.29, 1.82) is 0 Å². The molecule has 0 N–H and O–H groups in total. The van der Waals surface area contributed by atoms with Crippen LogP contribution in [0.3, 0.4) is 0 Å². The fourth-order valence-electron chi connectivity index (χ4n) is 2.20. The van der Waals surface area contributed by atoms with E-state index in [0.717, 1.165) is 16.6 Å². The van der Waals surface area contributed by atoms with Crippen LogP contribution in [0.5, 0.6) is 5.75 Å². The first kappa shape index (κ1) is 12.2. The first-order valence-corrected chi connectivity index (χ1v) is 6.87. The van der Waals surface area contributed by atoms with E-state index in [2.05, 4.69) is 15.9 Å². The Labute approximate surface area is 119 Å². The summed E-state index contributed by atoms with van der Waals surface area (Å²) in [6.07, 6.45) is 0.540. The van der Waals surface area contributed by atoms with Gasteiger partial charge < -0.3 is 4.74 Å². The Bertz CT molecular complexity index is 627. The van der Waals surface area contributed by atoms with E-state index < -0.39 is 0 Å². The summed E-state index contributed by atoms with van der Waals surface area (Å²) in [5, 5.41) is 0. The number of nitrogens with zero attached hydrogens (tertiary/aromatic N) is 1. The molecule has 2 aromatic rings. The smallest absolute Gasteiger partial charge is 0.409 e.